The lowest BCUT2D eigenvalue weighted by atomic mass is 9.90. The number of benzene rings is 2. The van der Waals surface area contributed by atoms with Crippen LogP contribution in [-0.2, 0) is 20.7 Å². The molecule has 2 aliphatic heterocycles. The largest absolute Gasteiger partial charge is 0.454 e. The number of carbonyl (C=O) groups is 2. The summed E-state index contributed by atoms with van der Waals surface area (Å²) in [6, 6.07) is 15.8. The van der Waals surface area contributed by atoms with E-state index in [1.54, 1.807) is 23.1 Å². The van der Waals surface area contributed by atoms with Crippen LogP contribution in [0.1, 0.15) is 24.0 Å². The minimum absolute atomic E-state index is 0.141. The zero-order valence-corrected chi connectivity index (χ0v) is 16.8. The molecule has 0 spiro atoms. The summed E-state index contributed by atoms with van der Waals surface area (Å²) in [6.07, 6.45) is 5.93. The fourth-order valence-corrected chi connectivity index (χ4v) is 3.79. The van der Waals surface area contributed by atoms with E-state index in [2.05, 4.69) is 24.3 Å². The number of esters is 1. The topological polar surface area (TPSA) is 65.1 Å². The number of ether oxygens (including phenoxy) is 3. The van der Waals surface area contributed by atoms with E-state index in [0.717, 1.165) is 24.8 Å². The molecule has 6 nitrogen and oxygen atoms in total. The van der Waals surface area contributed by atoms with Gasteiger partial charge >= 0.3 is 5.97 Å². The van der Waals surface area contributed by atoms with Crippen molar-refractivity contribution in [2.75, 3.05) is 26.5 Å². The van der Waals surface area contributed by atoms with Gasteiger partial charge in [0.05, 0.1) is 0 Å². The second kappa shape index (κ2) is 9.48. The Kier molecular flexibility index (Phi) is 6.32. The highest BCUT2D eigenvalue weighted by molar-refractivity contribution is 5.89. The second-order valence-corrected chi connectivity index (χ2v) is 7.57. The maximum absolute atomic E-state index is 12.4. The molecule has 0 bridgehead atoms. The van der Waals surface area contributed by atoms with Crippen LogP contribution in [0.25, 0.3) is 6.08 Å². The molecule has 1 fully saturated rings. The van der Waals surface area contributed by atoms with Crippen molar-refractivity contribution in [2.45, 2.75) is 19.3 Å². The number of likely N-dealkylation sites (tertiary alicyclic amines) is 1. The van der Waals surface area contributed by atoms with Crippen molar-refractivity contribution >= 4 is 18.0 Å². The fourth-order valence-electron chi connectivity index (χ4n) is 3.79. The maximum atomic E-state index is 12.4. The van der Waals surface area contributed by atoms with Gasteiger partial charge in [-0.1, -0.05) is 36.4 Å². The SMILES string of the molecule is O=C(/C=C/c1ccc2c(c1)OCO2)OCC(=O)N1CCC(Cc2ccccc2)CC1. The highest BCUT2D eigenvalue weighted by atomic mass is 16.7. The van der Waals surface area contributed by atoms with Gasteiger partial charge in [0.1, 0.15) is 0 Å². The van der Waals surface area contributed by atoms with Crippen molar-refractivity contribution < 1.29 is 23.8 Å². The van der Waals surface area contributed by atoms with Gasteiger partial charge < -0.3 is 19.1 Å². The van der Waals surface area contributed by atoms with Gasteiger partial charge in [-0.15, -0.1) is 0 Å². The van der Waals surface area contributed by atoms with Gasteiger partial charge in [0.25, 0.3) is 5.91 Å². The standard InChI is InChI=1S/C24H25NO5/c26-23(25-12-10-20(11-13-25)14-18-4-2-1-3-5-18)16-28-24(27)9-7-19-6-8-21-22(15-19)30-17-29-21/h1-9,15,20H,10-14,16-17H2/b9-7+. The lowest BCUT2D eigenvalue weighted by molar-refractivity contribution is -0.148. The van der Waals surface area contributed by atoms with Gasteiger partial charge in [-0.05, 0) is 54.5 Å². The molecule has 1 saturated heterocycles. The van der Waals surface area contributed by atoms with E-state index >= 15 is 0 Å². The van der Waals surface area contributed by atoms with Gasteiger partial charge in [-0.2, -0.15) is 0 Å². The lowest BCUT2D eigenvalue weighted by Crippen LogP contribution is -2.41. The molecule has 2 aliphatic rings. The lowest BCUT2D eigenvalue weighted by Gasteiger charge is -2.32. The smallest absolute Gasteiger partial charge is 0.331 e. The Balaban J connectivity index is 1.19. The van der Waals surface area contributed by atoms with Crippen molar-refractivity contribution in [3.8, 4) is 11.5 Å². The number of fused-ring (bicyclic) bond motifs is 1. The van der Waals surface area contributed by atoms with Crippen LogP contribution in [0.15, 0.2) is 54.6 Å². The van der Waals surface area contributed by atoms with Crippen molar-refractivity contribution in [3.63, 3.8) is 0 Å². The molecule has 2 aromatic rings. The fraction of sp³-hybridized carbons (Fsp3) is 0.333. The van der Waals surface area contributed by atoms with E-state index in [1.807, 2.05) is 12.1 Å². The van der Waals surface area contributed by atoms with Gasteiger partial charge in [0.15, 0.2) is 18.1 Å². The van der Waals surface area contributed by atoms with E-state index < -0.39 is 5.97 Å². The first-order valence-corrected chi connectivity index (χ1v) is 10.2. The summed E-state index contributed by atoms with van der Waals surface area (Å²) < 4.78 is 15.7. The average Bonchev–Trinajstić information content (AvgIpc) is 3.25. The predicted molar refractivity (Wildman–Crippen MR) is 112 cm³/mol. The first-order valence-electron chi connectivity index (χ1n) is 10.2. The summed E-state index contributed by atoms with van der Waals surface area (Å²) >= 11 is 0. The number of rotatable bonds is 6. The molecule has 2 aromatic carbocycles. The number of nitrogens with zero attached hydrogens (tertiary/aromatic N) is 1. The van der Waals surface area contributed by atoms with Crippen LogP contribution >= 0.6 is 0 Å². The van der Waals surface area contributed by atoms with Crippen molar-refractivity contribution in [2.24, 2.45) is 5.92 Å². The van der Waals surface area contributed by atoms with Crippen LogP contribution in [-0.4, -0.2) is 43.3 Å². The minimum atomic E-state index is -0.542. The summed E-state index contributed by atoms with van der Waals surface area (Å²) in [5.41, 5.74) is 2.13. The summed E-state index contributed by atoms with van der Waals surface area (Å²) in [7, 11) is 0. The Labute approximate surface area is 176 Å². The Hall–Kier alpha value is -3.28. The van der Waals surface area contributed by atoms with Gasteiger partial charge in [-0.25, -0.2) is 4.79 Å². The van der Waals surface area contributed by atoms with E-state index in [1.165, 1.54) is 11.6 Å². The summed E-state index contributed by atoms with van der Waals surface area (Å²) in [5, 5.41) is 0. The normalized spacial score (nSPS) is 16.1. The first kappa shape index (κ1) is 20.0. The van der Waals surface area contributed by atoms with E-state index in [-0.39, 0.29) is 19.3 Å². The molecule has 0 saturated carbocycles. The Morgan fingerprint density at radius 3 is 2.60 bits per heavy atom. The monoisotopic (exact) mass is 407 g/mol. The minimum Gasteiger partial charge on any atom is -0.454 e. The van der Waals surface area contributed by atoms with Crippen molar-refractivity contribution in [3.05, 3.63) is 65.7 Å². The Morgan fingerprint density at radius 2 is 1.80 bits per heavy atom. The number of hydrogen-bond acceptors (Lipinski definition) is 5. The number of hydrogen-bond donors (Lipinski definition) is 0. The molecule has 2 heterocycles. The van der Waals surface area contributed by atoms with Crippen LogP contribution in [0.4, 0.5) is 0 Å². The van der Waals surface area contributed by atoms with E-state index in [4.69, 9.17) is 14.2 Å². The van der Waals surface area contributed by atoms with Crippen molar-refractivity contribution in [1.29, 1.82) is 0 Å². The van der Waals surface area contributed by atoms with Crippen LogP contribution in [0.5, 0.6) is 11.5 Å². The molecule has 1 amide bonds. The highest BCUT2D eigenvalue weighted by Gasteiger charge is 2.23. The van der Waals surface area contributed by atoms with E-state index in [0.29, 0.717) is 30.5 Å². The van der Waals surface area contributed by atoms with Crippen LogP contribution in [0.3, 0.4) is 0 Å². The molecule has 30 heavy (non-hydrogen) atoms. The third-order valence-corrected chi connectivity index (χ3v) is 5.48. The number of amides is 1. The highest BCUT2D eigenvalue weighted by Crippen LogP contribution is 2.32. The zero-order valence-electron chi connectivity index (χ0n) is 16.8. The van der Waals surface area contributed by atoms with Gasteiger partial charge in [0.2, 0.25) is 6.79 Å². The molecular formula is C24H25NO5. The Morgan fingerprint density at radius 1 is 1.03 bits per heavy atom. The molecule has 156 valence electrons. The molecule has 0 unspecified atom stereocenters. The van der Waals surface area contributed by atoms with Crippen LogP contribution < -0.4 is 9.47 Å². The van der Waals surface area contributed by atoms with E-state index in [9.17, 15) is 9.59 Å². The Bertz CT molecular complexity index is 916. The third-order valence-electron chi connectivity index (χ3n) is 5.48. The molecule has 0 aliphatic carbocycles. The summed E-state index contributed by atoms with van der Waals surface area (Å²) in [4.78, 5) is 26.1. The quantitative estimate of drug-likeness (QED) is 0.542. The first-order chi connectivity index (χ1) is 14.7. The van der Waals surface area contributed by atoms with Crippen molar-refractivity contribution in [1.82, 2.24) is 4.90 Å². The molecule has 4 rings (SSSR count). The maximum Gasteiger partial charge on any atom is 0.331 e. The van der Waals surface area contributed by atoms with Crippen LogP contribution in [0, 0.1) is 5.92 Å². The van der Waals surface area contributed by atoms with Gasteiger partial charge in [0, 0.05) is 19.2 Å². The molecule has 0 radical (unpaired) electrons. The molecule has 6 heteroatoms. The molecule has 0 atom stereocenters. The summed E-state index contributed by atoms with van der Waals surface area (Å²) in [6.45, 7) is 1.39. The molecule has 0 N–H and O–H groups in total. The second-order valence-electron chi connectivity index (χ2n) is 7.57. The molecule has 0 aromatic heterocycles. The number of carbonyl (C=O) groups excluding carboxylic acids is 2. The average molecular weight is 407 g/mol. The predicted octanol–water partition coefficient (Wildman–Crippen LogP) is 3.45. The zero-order chi connectivity index (χ0) is 20.8. The van der Waals surface area contributed by atoms with Crippen LogP contribution in [0.2, 0.25) is 0 Å². The summed E-state index contributed by atoms with van der Waals surface area (Å²) in [5.74, 6) is 1.24. The van der Waals surface area contributed by atoms with Gasteiger partial charge in [-0.3, -0.25) is 4.79 Å². The third kappa shape index (κ3) is 5.20. The molecular weight excluding hydrogens is 382 g/mol. The number of piperidine rings is 1.